The first-order chi connectivity index (χ1) is 9.36. The maximum Gasteiger partial charge on any atom is 0.318 e. The Kier molecular flexibility index (Phi) is 6.03. The van der Waals surface area contributed by atoms with Crippen LogP contribution in [0.15, 0.2) is 5.16 Å². The Morgan fingerprint density at radius 2 is 2.15 bits per heavy atom. The summed E-state index contributed by atoms with van der Waals surface area (Å²) >= 11 is 1.28. The Hall–Kier alpha value is -1.54. The SMILES string of the molecule is COCCn1c(S[C@@H](C)C(=O)NC(N)=O)nc(C)c1C. The Labute approximate surface area is 122 Å². The summed E-state index contributed by atoms with van der Waals surface area (Å²) in [6, 6.07) is -0.850. The third kappa shape index (κ3) is 4.24. The van der Waals surface area contributed by atoms with Gasteiger partial charge in [0.1, 0.15) is 0 Å². The van der Waals surface area contributed by atoms with Gasteiger partial charge in [-0.3, -0.25) is 10.1 Å². The lowest BCUT2D eigenvalue weighted by Gasteiger charge is -2.12. The monoisotopic (exact) mass is 300 g/mol. The summed E-state index contributed by atoms with van der Waals surface area (Å²) in [6.45, 7) is 6.80. The van der Waals surface area contributed by atoms with Gasteiger partial charge in [0.15, 0.2) is 5.16 Å². The molecule has 0 radical (unpaired) electrons. The predicted octanol–water partition coefficient (Wildman–Crippen LogP) is 0.822. The van der Waals surface area contributed by atoms with E-state index < -0.39 is 17.2 Å². The standard InChI is InChI=1S/C12H20N4O3S/c1-7-8(2)16(5-6-19-4)12(14-7)20-9(3)10(17)15-11(13)18/h9H,5-6H2,1-4H3,(H3,13,15,17,18)/t9-/m0/s1. The number of urea groups is 1. The summed E-state index contributed by atoms with van der Waals surface area (Å²) in [4.78, 5) is 26.8. The topological polar surface area (TPSA) is 99.2 Å². The fraction of sp³-hybridized carbons (Fsp3) is 0.583. The minimum absolute atomic E-state index is 0.431. The van der Waals surface area contributed by atoms with Gasteiger partial charge in [0.25, 0.3) is 0 Å². The molecule has 0 aliphatic heterocycles. The number of nitrogens with zero attached hydrogens (tertiary/aromatic N) is 2. The summed E-state index contributed by atoms with van der Waals surface area (Å²) in [6.07, 6.45) is 0. The number of carbonyl (C=O) groups is 2. The second-order valence-corrected chi connectivity index (χ2v) is 5.63. The number of nitrogens with two attached hydrogens (primary N) is 1. The van der Waals surface area contributed by atoms with E-state index in [9.17, 15) is 9.59 Å². The van der Waals surface area contributed by atoms with Crippen LogP contribution in [0, 0.1) is 13.8 Å². The van der Waals surface area contributed by atoms with E-state index in [0.29, 0.717) is 13.2 Å². The number of hydrogen-bond donors (Lipinski definition) is 2. The molecule has 1 heterocycles. The van der Waals surface area contributed by atoms with Crippen LogP contribution >= 0.6 is 11.8 Å². The van der Waals surface area contributed by atoms with E-state index in [1.54, 1.807) is 14.0 Å². The van der Waals surface area contributed by atoms with Crippen LogP contribution in [0.5, 0.6) is 0 Å². The molecule has 0 bridgehead atoms. The predicted molar refractivity (Wildman–Crippen MR) is 76.6 cm³/mol. The van der Waals surface area contributed by atoms with Crippen molar-refractivity contribution in [3.63, 3.8) is 0 Å². The van der Waals surface area contributed by atoms with Crippen LogP contribution in [0.3, 0.4) is 0 Å². The molecule has 1 rings (SSSR count). The van der Waals surface area contributed by atoms with E-state index >= 15 is 0 Å². The van der Waals surface area contributed by atoms with Gasteiger partial charge in [-0.05, 0) is 20.8 Å². The zero-order chi connectivity index (χ0) is 15.3. The minimum atomic E-state index is -0.850. The van der Waals surface area contributed by atoms with E-state index in [1.807, 2.05) is 18.4 Å². The molecule has 1 atom stereocenters. The number of aromatic nitrogens is 2. The highest BCUT2D eigenvalue weighted by Crippen LogP contribution is 2.25. The number of amides is 3. The second-order valence-electron chi connectivity index (χ2n) is 4.32. The van der Waals surface area contributed by atoms with Gasteiger partial charge in [0.2, 0.25) is 5.91 Å². The van der Waals surface area contributed by atoms with Crippen molar-refractivity contribution in [2.75, 3.05) is 13.7 Å². The number of ether oxygens (including phenoxy) is 1. The Balaban J connectivity index is 2.83. The molecule has 8 heteroatoms. The molecule has 0 spiro atoms. The highest BCUT2D eigenvalue weighted by Gasteiger charge is 2.20. The highest BCUT2D eigenvalue weighted by atomic mass is 32.2. The number of carbonyl (C=O) groups excluding carboxylic acids is 2. The van der Waals surface area contributed by atoms with Crippen LogP contribution in [0.4, 0.5) is 4.79 Å². The summed E-state index contributed by atoms with van der Waals surface area (Å²) < 4.78 is 7.07. The van der Waals surface area contributed by atoms with E-state index in [1.165, 1.54) is 11.8 Å². The average molecular weight is 300 g/mol. The zero-order valence-corrected chi connectivity index (χ0v) is 12.9. The number of nitrogens with one attached hydrogen (secondary N) is 1. The molecular formula is C12H20N4O3S. The molecule has 20 heavy (non-hydrogen) atoms. The Bertz CT molecular complexity index is 501. The van der Waals surface area contributed by atoms with Crippen molar-refractivity contribution in [3.05, 3.63) is 11.4 Å². The van der Waals surface area contributed by atoms with E-state index in [4.69, 9.17) is 10.5 Å². The molecule has 1 aromatic heterocycles. The van der Waals surface area contributed by atoms with Crippen LogP contribution in [-0.2, 0) is 16.1 Å². The number of primary amides is 1. The van der Waals surface area contributed by atoms with Crippen molar-refractivity contribution in [2.24, 2.45) is 5.73 Å². The maximum atomic E-state index is 11.7. The third-order valence-electron chi connectivity index (χ3n) is 2.84. The van der Waals surface area contributed by atoms with Gasteiger partial charge < -0.3 is 15.0 Å². The van der Waals surface area contributed by atoms with Gasteiger partial charge in [-0.1, -0.05) is 11.8 Å². The van der Waals surface area contributed by atoms with Crippen LogP contribution in [0.25, 0.3) is 0 Å². The van der Waals surface area contributed by atoms with Crippen molar-refractivity contribution >= 4 is 23.7 Å². The molecule has 7 nitrogen and oxygen atoms in total. The molecule has 112 valence electrons. The molecule has 0 aromatic carbocycles. The molecule has 0 aliphatic carbocycles. The van der Waals surface area contributed by atoms with Crippen LogP contribution in [-0.4, -0.2) is 40.5 Å². The average Bonchev–Trinajstić information content (AvgIpc) is 2.62. The molecular weight excluding hydrogens is 280 g/mol. The molecule has 3 N–H and O–H groups in total. The maximum absolute atomic E-state index is 11.7. The van der Waals surface area contributed by atoms with E-state index in [0.717, 1.165) is 16.5 Å². The van der Waals surface area contributed by atoms with Gasteiger partial charge in [0, 0.05) is 19.3 Å². The van der Waals surface area contributed by atoms with E-state index in [-0.39, 0.29) is 0 Å². The number of aryl methyl sites for hydroxylation is 1. The van der Waals surface area contributed by atoms with Gasteiger partial charge in [-0.25, -0.2) is 9.78 Å². The van der Waals surface area contributed by atoms with Crippen molar-refractivity contribution in [1.82, 2.24) is 14.9 Å². The first kappa shape index (κ1) is 16.5. The number of thioether (sulfide) groups is 1. The molecule has 0 saturated heterocycles. The molecule has 0 aliphatic rings. The van der Waals surface area contributed by atoms with Gasteiger partial charge in [-0.15, -0.1) is 0 Å². The van der Waals surface area contributed by atoms with Crippen molar-refractivity contribution in [3.8, 4) is 0 Å². The lowest BCUT2D eigenvalue weighted by Crippen LogP contribution is -2.39. The fourth-order valence-electron chi connectivity index (χ4n) is 1.59. The van der Waals surface area contributed by atoms with Gasteiger partial charge in [0.05, 0.1) is 17.6 Å². The van der Waals surface area contributed by atoms with Crippen LogP contribution in [0.1, 0.15) is 18.3 Å². The van der Waals surface area contributed by atoms with Crippen molar-refractivity contribution < 1.29 is 14.3 Å². The Morgan fingerprint density at radius 3 is 2.70 bits per heavy atom. The zero-order valence-electron chi connectivity index (χ0n) is 12.1. The number of hydrogen-bond acceptors (Lipinski definition) is 5. The first-order valence-corrected chi connectivity index (χ1v) is 7.04. The lowest BCUT2D eigenvalue weighted by molar-refractivity contribution is -0.119. The van der Waals surface area contributed by atoms with Crippen LogP contribution in [0.2, 0.25) is 0 Å². The van der Waals surface area contributed by atoms with Gasteiger partial charge >= 0.3 is 6.03 Å². The summed E-state index contributed by atoms with van der Waals surface area (Å²) in [5, 5.41) is 2.32. The fourth-order valence-corrected chi connectivity index (χ4v) is 2.62. The van der Waals surface area contributed by atoms with Crippen molar-refractivity contribution in [1.29, 1.82) is 0 Å². The number of imidazole rings is 1. The molecule has 0 saturated carbocycles. The minimum Gasteiger partial charge on any atom is -0.383 e. The highest BCUT2D eigenvalue weighted by molar-refractivity contribution is 8.00. The third-order valence-corrected chi connectivity index (χ3v) is 3.93. The number of imide groups is 1. The van der Waals surface area contributed by atoms with Gasteiger partial charge in [-0.2, -0.15) is 0 Å². The summed E-state index contributed by atoms with van der Waals surface area (Å²) in [5.41, 5.74) is 6.87. The number of rotatable bonds is 6. The summed E-state index contributed by atoms with van der Waals surface area (Å²) in [5.74, 6) is -0.431. The first-order valence-electron chi connectivity index (χ1n) is 6.16. The van der Waals surface area contributed by atoms with Crippen LogP contribution < -0.4 is 11.1 Å². The summed E-state index contributed by atoms with van der Waals surface area (Å²) in [7, 11) is 1.63. The molecule has 0 unspecified atom stereocenters. The molecule has 1 aromatic rings. The second kappa shape index (κ2) is 7.30. The van der Waals surface area contributed by atoms with Crippen molar-refractivity contribution in [2.45, 2.75) is 37.7 Å². The largest absolute Gasteiger partial charge is 0.383 e. The normalized spacial score (nSPS) is 12.2. The quantitative estimate of drug-likeness (QED) is 0.758. The Morgan fingerprint density at radius 1 is 1.50 bits per heavy atom. The molecule has 3 amide bonds. The molecule has 0 fully saturated rings. The lowest BCUT2D eigenvalue weighted by atomic mass is 10.4. The number of methoxy groups -OCH3 is 1. The van der Waals surface area contributed by atoms with E-state index in [2.05, 4.69) is 10.3 Å². The smallest absolute Gasteiger partial charge is 0.318 e.